The van der Waals surface area contributed by atoms with E-state index >= 15 is 0 Å². The van der Waals surface area contributed by atoms with Crippen LogP contribution in [-0.4, -0.2) is 12.1 Å². The maximum absolute atomic E-state index is 13.8. The molecule has 1 atom stereocenters. The second-order valence-corrected chi connectivity index (χ2v) is 5.35. The van der Waals surface area contributed by atoms with E-state index in [4.69, 9.17) is 4.74 Å². The van der Waals surface area contributed by atoms with E-state index in [1.807, 2.05) is 31.2 Å². The van der Waals surface area contributed by atoms with Crippen molar-refractivity contribution in [3.63, 3.8) is 0 Å². The molecule has 0 fully saturated rings. The van der Waals surface area contributed by atoms with Gasteiger partial charge in [-0.2, -0.15) is 8.78 Å². The van der Waals surface area contributed by atoms with Crippen LogP contribution >= 0.6 is 9.24 Å². The van der Waals surface area contributed by atoms with Crippen LogP contribution in [0.25, 0.3) is 0 Å². The van der Waals surface area contributed by atoms with Crippen LogP contribution in [0, 0.1) is 6.92 Å². The minimum absolute atomic E-state index is 0.155. The van der Waals surface area contributed by atoms with Crippen molar-refractivity contribution in [1.82, 2.24) is 4.98 Å². The first-order valence-electron chi connectivity index (χ1n) is 6.16. The number of aromatic nitrogens is 1. The molecule has 1 heterocycles. The number of rotatable bonds is 4. The Kier molecular flexibility index (Phi) is 4.34. The quantitative estimate of drug-likeness (QED) is 0.798. The summed E-state index contributed by atoms with van der Waals surface area (Å²) in [5.41, 5.74) is -0.881. The van der Waals surface area contributed by atoms with Crippen molar-refractivity contribution < 1.29 is 13.5 Å². The van der Waals surface area contributed by atoms with E-state index in [9.17, 15) is 8.78 Å². The van der Waals surface area contributed by atoms with Crippen LogP contribution in [0.4, 0.5) is 8.78 Å². The van der Waals surface area contributed by atoms with Crippen molar-refractivity contribution in [2.75, 3.05) is 7.11 Å². The molecule has 20 heavy (non-hydrogen) atoms. The average Bonchev–Trinajstić information content (AvgIpc) is 2.37. The molecule has 1 aromatic carbocycles. The SMILES string of the molecule is COc1ccnc(Cc2cccc(C)c2)c1C(F)(F)P. The summed E-state index contributed by atoms with van der Waals surface area (Å²) < 4.78 is 32.6. The smallest absolute Gasteiger partial charge is 0.289 e. The van der Waals surface area contributed by atoms with Gasteiger partial charge in [0.05, 0.1) is 18.4 Å². The summed E-state index contributed by atoms with van der Waals surface area (Å²) in [7, 11) is 2.93. The first kappa shape index (κ1) is 14.9. The Morgan fingerprint density at radius 2 is 2.05 bits per heavy atom. The van der Waals surface area contributed by atoms with Gasteiger partial charge in [-0.25, -0.2) is 0 Å². The molecule has 0 aliphatic rings. The number of alkyl halides is 2. The normalized spacial score (nSPS) is 11.4. The van der Waals surface area contributed by atoms with Crippen LogP contribution in [0.5, 0.6) is 5.75 Å². The monoisotopic (exact) mass is 295 g/mol. The van der Waals surface area contributed by atoms with Crippen LogP contribution < -0.4 is 4.74 Å². The first-order valence-corrected chi connectivity index (χ1v) is 6.74. The van der Waals surface area contributed by atoms with Crippen molar-refractivity contribution in [3.05, 3.63) is 58.9 Å². The fourth-order valence-corrected chi connectivity index (χ4v) is 2.47. The molecule has 0 N–H and O–H groups in total. The largest absolute Gasteiger partial charge is 0.496 e. The fourth-order valence-electron chi connectivity index (χ4n) is 2.16. The van der Waals surface area contributed by atoms with Crippen LogP contribution in [0.3, 0.4) is 0 Å². The number of hydrogen-bond acceptors (Lipinski definition) is 2. The Bertz CT molecular complexity index is 611. The maximum atomic E-state index is 13.8. The maximum Gasteiger partial charge on any atom is 0.289 e. The lowest BCUT2D eigenvalue weighted by atomic mass is 10.0. The number of halogens is 2. The predicted octanol–water partition coefficient (Wildman–Crippen LogP) is 3.91. The molecule has 2 nitrogen and oxygen atoms in total. The Balaban J connectivity index is 2.46. The van der Waals surface area contributed by atoms with E-state index in [-0.39, 0.29) is 11.3 Å². The molecule has 2 aromatic rings. The average molecular weight is 295 g/mol. The standard InChI is InChI=1S/C15H16F2NOP/c1-10-4-3-5-11(8-10)9-12-14(15(16,17)20)13(19-2)6-7-18-12/h3-8H,9,20H2,1-2H3. The van der Waals surface area contributed by atoms with Gasteiger partial charge in [-0.1, -0.05) is 39.1 Å². The van der Waals surface area contributed by atoms with Gasteiger partial charge in [-0.05, 0) is 18.6 Å². The highest BCUT2D eigenvalue weighted by Crippen LogP contribution is 2.42. The summed E-state index contributed by atoms with van der Waals surface area (Å²) >= 11 is 0. The highest BCUT2D eigenvalue weighted by molar-refractivity contribution is 7.17. The van der Waals surface area contributed by atoms with E-state index in [1.165, 1.54) is 19.4 Å². The summed E-state index contributed by atoms with van der Waals surface area (Å²) in [5.74, 6) is 0.155. The minimum Gasteiger partial charge on any atom is -0.496 e. The number of methoxy groups -OCH3 is 1. The molecule has 0 aliphatic carbocycles. The van der Waals surface area contributed by atoms with Crippen LogP contribution in [0.15, 0.2) is 36.5 Å². The number of aryl methyl sites for hydroxylation is 1. The lowest BCUT2D eigenvalue weighted by Crippen LogP contribution is -2.11. The van der Waals surface area contributed by atoms with Crippen molar-refractivity contribution in [2.45, 2.75) is 19.0 Å². The van der Waals surface area contributed by atoms with Gasteiger partial charge in [0.2, 0.25) is 0 Å². The number of benzene rings is 1. The highest BCUT2D eigenvalue weighted by Gasteiger charge is 2.32. The third kappa shape index (κ3) is 3.31. The number of nitrogens with zero attached hydrogens (tertiary/aromatic N) is 1. The molecular formula is C15H16F2NOP. The van der Waals surface area contributed by atoms with Crippen LogP contribution in [-0.2, 0) is 12.1 Å². The Hall–Kier alpha value is -1.54. The fraction of sp³-hybridized carbons (Fsp3) is 0.267. The van der Waals surface area contributed by atoms with E-state index in [0.29, 0.717) is 12.1 Å². The number of pyridine rings is 1. The topological polar surface area (TPSA) is 22.1 Å². The molecule has 0 amide bonds. The van der Waals surface area contributed by atoms with Gasteiger partial charge in [0.15, 0.2) is 0 Å². The second-order valence-electron chi connectivity index (χ2n) is 4.62. The van der Waals surface area contributed by atoms with Gasteiger partial charge in [0.25, 0.3) is 5.66 Å². The van der Waals surface area contributed by atoms with Gasteiger partial charge in [-0.3, -0.25) is 4.98 Å². The third-order valence-corrected chi connectivity index (χ3v) is 3.29. The van der Waals surface area contributed by atoms with Gasteiger partial charge < -0.3 is 4.74 Å². The zero-order valence-corrected chi connectivity index (χ0v) is 12.5. The first-order chi connectivity index (χ1) is 9.41. The molecule has 1 aromatic heterocycles. The Labute approximate surface area is 119 Å². The number of ether oxygens (including phenoxy) is 1. The van der Waals surface area contributed by atoms with Gasteiger partial charge in [0, 0.05) is 12.6 Å². The van der Waals surface area contributed by atoms with E-state index in [0.717, 1.165) is 11.1 Å². The molecule has 0 radical (unpaired) electrons. The number of hydrogen-bond donors (Lipinski definition) is 0. The Morgan fingerprint density at radius 3 is 2.65 bits per heavy atom. The predicted molar refractivity (Wildman–Crippen MR) is 78.4 cm³/mol. The lowest BCUT2D eigenvalue weighted by Gasteiger charge is -2.18. The lowest BCUT2D eigenvalue weighted by molar-refractivity contribution is 0.0987. The molecule has 106 valence electrons. The molecular weight excluding hydrogens is 279 g/mol. The molecule has 0 bridgehead atoms. The zero-order valence-electron chi connectivity index (χ0n) is 11.4. The van der Waals surface area contributed by atoms with Gasteiger partial charge in [-0.15, -0.1) is 0 Å². The summed E-state index contributed by atoms with van der Waals surface area (Å²) in [4.78, 5) is 4.11. The van der Waals surface area contributed by atoms with Crippen molar-refractivity contribution in [2.24, 2.45) is 0 Å². The Morgan fingerprint density at radius 1 is 1.30 bits per heavy atom. The van der Waals surface area contributed by atoms with Crippen molar-refractivity contribution in [1.29, 1.82) is 0 Å². The molecule has 5 heteroatoms. The summed E-state index contributed by atoms with van der Waals surface area (Å²) in [5, 5.41) is 0. The molecule has 0 spiro atoms. The molecule has 1 unspecified atom stereocenters. The summed E-state index contributed by atoms with van der Waals surface area (Å²) in [6.07, 6.45) is 1.84. The van der Waals surface area contributed by atoms with E-state index in [2.05, 4.69) is 4.98 Å². The third-order valence-electron chi connectivity index (χ3n) is 3.00. The summed E-state index contributed by atoms with van der Waals surface area (Å²) in [6.45, 7) is 1.97. The van der Waals surface area contributed by atoms with Crippen molar-refractivity contribution >= 4 is 9.24 Å². The van der Waals surface area contributed by atoms with E-state index in [1.54, 1.807) is 9.24 Å². The highest BCUT2D eigenvalue weighted by atomic mass is 31.0. The van der Waals surface area contributed by atoms with Crippen LogP contribution in [0.2, 0.25) is 0 Å². The van der Waals surface area contributed by atoms with E-state index < -0.39 is 5.66 Å². The summed E-state index contributed by atoms with van der Waals surface area (Å²) in [6, 6.07) is 9.19. The van der Waals surface area contributed by atoms with Crippen molar-refractivity contribution in [3.8, 4) is 5.75 Å². The van der Waals surface area contributed by atoms with Gasteiger partial charge >= 0.3 is 0 Å². The molecule has 0 saturated carbocycles. The molecule has 2 rings (SSSR count). The van der Waals surface area contributed by atoms with Gasteiger partial charge in [0.1, 0.15) is 5.75 Å². The zero-order chi connectivity index (χ0) is 14.8. The minimum atomic E-state index is -3.07. The second kappa shape index (κ2) is 5.84. The van der Waals surface area contributed by atoms with Crippen LogP contribution in [0.1, 0.15) is 22.4 Å². The molecule has 0 saturated heterocycles. The molecule has 0 aliphatic heterocycles.